The molecule has 1 aromatic heterocycles. The van der Waals surface area contributed by atoms with Crippen molar-refractivity contribution in [2.45, 2.75) is 25.7 Å². The first kappa shape index (κ1) is 17.9. The molecule has 3 rings (SSSR count). The lowest BCUT2D eigenvalue weighted by Gasteiger charge is -2.25. The molecule has 1 amide bonds. The number of hydrogen-bond acceptors (Lipinski definition) is 3. The summed E-state index contributed by atoms with van der Waals surface area (Å²) in [5.41, 5.74) is 2.15. The molecular formula is C18H25N3O3S. The van der Waals surface area contributed by atoms with Crippen molar-refractivity contribution in [1.82, 2.24) is 14.6 Å². The number of benzene rings is 1. The lowest BCUT2D eigenvalue weighted by atomic mass is 9.85. The Labute approximate surface area is 148 Å². The van der Waals surface area contributed by atoms with Crippen LogP contribution in [0.25, 0.3) is 10.9 Å². The quantitative estimate of drug-likeness (QED) is 0.751. The largest absolute Gasteiger partial charge is 0.361 e. The maximum atomic E-state index is 12.0. The van der Waals surface area contributed by atoms with Crippen molar-refractivity contribution in [2.75, 3.05) is 25.9 Å². The van der Waals surface area contributed by atoms with Crippen LogP contribution >= 0.6 is 0 Å². The van der Waals surface area contributed by atoms with Gasteiger partial charge in [0.05, 0.1) is 6.26 Å². The van der Waals surface area contributed by atoms with Gasteiger partial charge < -0.3 is 10.3 Å². The van der Waals surface area contributed by atoms with Crippen LogP contribution in [-0.4, -0.2) is 49.5 Å². The van der Waals surface area contributed by atoms with Crippen LogP contribution in [0.2, 0.25) is 0 Å². The van der Waals surface area contributed by atoms with E-state index in [1.54, 1.807) is 0 Å². The lowest BCUT2D eigenvalue weighted by molar-refractivity contribution is -0.127. The average molecular weight is 363 g/mol. The second-order valence-corrected chi connectivity index (χ2v) is 8.67. The van der Waals surface area contributed by atoms with Gasteiger partial charge in [0.2, 0.25) is 15.9 Å². The van der Waals surface area contributed by atoms with Crippen molar-refractivity contribution < 1.29 is 13.2 Å². The number of para-hydroxylation sites is 1. The van der Waals surface area contributed by atoms with Gasteiger partial charge in [0.15, 0.2) is 0 Å². The van der Waals surface area contributed by atoms with E-state index in [1.165, 1.54) is 10.6 Å². The number of H-pyrrole nitrogens is 1. The van der Waals surface area contributed by atoms with Crippen LogP contribution in [0.5, 0.6) is 0 Å². The van der Waals surface area contributed by atoms with E-state index in [-0.39, 0.29) is 11.8 Å². The van der Waals surface area contributed by atoms with E-state index in [0.29, 0.717) is 26.1 Å². The van der Waals surface area contributed by atoms with E-state index in [0.717, 1.165) is 35.7 Å². The monoisotopic (exact) mass is 363 g/mol. The van der Waals surface area contributed by atoms with Gasteiger partial charge in [-0.15, -0.1) is 0 Å². The molecule has 0 bridgehead atoms. The molecule has 0 saturated heterocycles. The third-order valence-corrected chi connectivity index (χ3v) is 6.21. The van der Waals surface area contributed by atoms with E-state index in [4.69, 9.17) is 0 Å². The Morgan fingerprint density at radius 3 is 2.72 bits per heavy atom. The smallest absolute Gasteiger partial charge is 0.223 e. The van der Waals surface area contributed by atoms with Crippen molar-refractivity contribution in [2.24, 2.45) is 5.92 Å². The molecule has 7 heteroatoms. The number of nitrogens with one attached hydrogen (secondary N) is 2. The summed E-state index contributed by atoms with van der Waals surface area (Å²) in [4.78, 5) is 15.1. The second kappa shape index (κ2) is 7.58. The highest BCUT2D eigenvalue weighted by atomic mass is 32.2. The summed E-state index contributed by atoms with van der Waals surface area (Å²) in [5, 5.41) is 3.98. The molecule has 2 aromatic rings. The van der Waals surface area contributed by atoms with Crippen LogP contribution in [0.4, 0.5) is 0 Å². The Bertz CT molecular complexity index is 840. The van der Waals surface area contributed by atoms with E-state index >= 15 is 0 Å². The van der Waals surface area contributed by atoms with Gasteiger partial charge >= 0.3 is 0 Å². The van der Waals surface area contributed by atoms with Gasteiger partial charge in [-0.1, -0.05) is 24.6 Å². The average Bonchev–Trinajstić information content (AvgIpc) is 2.91. The van der Waals surface area contributed by atoms with Gasteiger partial charge in [0, 0.05) is 42.7 Å². The van der Waals surface area contributed by atoms with Crippen LogP contribution < -0.4 is 5.32 Å². The van der Waals surface area contributed by atoms with Gasteiger partial charge in [0.25, 0.3) is 0 Å². The fourth-order valence-electron chi connectivity index (χ4n) is 3.15. The van der Waals surface area contributed by atoms with Crippen LogP contribution in [0.3, 0.4) is 0 Å². The molecule has 1 aliphatic rings. The number of hydrogen-bond donors (Lipinski definition) is 2. The van der Waals surface area contributed by atoms with Gasteiger partial charge in [-0.2, -0.15) is 0 Å². The van der Waals surface area contributed by atoms with Gasteiger partial charge in [0.1, 0.15) is 0 Å². The summed E-state index contributed by atoms with van der Waals surface area (Å²) in [6.07, 6.45) is 6.79. The molecule has 6 nitrogen and oxygen atoms in total. The lowest BCUT2D eigenvalue weighted by Crippen LogP contribution is -2.41. The van der Waals surface area contributed by atoms with Crippen LogP contribution in [0, 0.1) is 5.92 Å². The highest BCUT2D eigenvalue weighted by molar-refractivity contribution is 7.88. The maximum Gasteiger partial charge on any atom is 0.223 e. The minimum absolute atomic E-state index is 0.0522. The molecule has 1 aliphatic carbocycles. The van der Waals surface area contributed by atoms with Gasteiger partial charge in [-0.25, -0.2) is 12.7 Å². The number of rotatable bonds is 8. The minimum atomic E-state index is -3.31. The van der Waals surface area contributed by atoms with Crippen molar-refractivity contribution in [3.05, 3.63) is 36.0 Å². The molecule has 1 heterocycles. The first-order valence-corrected chi connectivity index (χ1v) is 10.6. The van der Waals surface area contributed by atoms with Gasteiger partial charge in [-0.05, 0) is 30.9 Å². The molecule has 0 spiro atoms. The zero-order chi connectivity index (χ0) is 17.9. The number of sulfonamides is 1. The molecule has 0 atom stereocenters. The number of aromatic amines is 1. The third-order valence-electron chi connectivity index (χ3n) is 4.91. The predicted molar refractivity (Wildman–Crippen MR) is 98.8 cm³/mol. The van der Waals surface area contributed by atoms with Crippen molar-refractivity contribution in [3.63, 3.8) is 0 Å². The van der Waals surface area contributed by atoms with Crippen molar-refractivity contribution >= 4 is 26.8 Å². The van der Waals surface area contributed by atoms with Crippen LogP contribution in [-0.2, 0) is 21.2 Å². The molecule has 1 saturated carbocycles. The molecule has 0 aliphatic heterocycles. The summed E-state index contributed by atoms with van der Waals surface area (Å²) < 4.78 is 25.5. The summed E-state index contributed by atoms with van der Waals surface area (Å²) in [6, 6.07) is 7.98. The van der Waals surface area contributed by atoms with E-state index in [9.17, 15) is 13.2 Å². The number of aromatic nitrogens is 1. The molecule has 0 unspecified atom stereocenters. The zero-order valence-corrected chi connectivity index (χ0v) is 15.3. The Morgan fingerprint density at radius 1 is 1.28 bits per heavy atom. The summed E-state index contributed by atoms with van der Waals surface area (Å²) in [6.45, 7) is 1.07. The Kier molecular flexibility index (Phi) is 5.44. The van der Waals surface area contributed by atoms with E-state index in [2.05, 4.69) is 10.3 Å². The predicted octanol–water partition coefficient (Wildman–Crippen LogP) is 1.89. The Morgan fingerprint density at radius 2 is 2.04 bits per heavy atom. The maximum absolute atomic E-state index is 12.0. The van der Waals surface area contributed by atoms with Crippen molar-refractivity contribution in [3.8, 4) is 0 Å². The molecule has 2 N–H and O–H groups in total. The number of carbonyl (C=O) groups is 1. The fourth-order valence-corrected chi connectivity index (χ4v) is 3.99. The number of nitrogens with zero attached hydrogens (tertiary/aromatic N) is 1. The molecule has 1 aromatic carbocycles. The number of fused-ring (bicyclic) bond motifs is 1. The van der Waals surface area contributed by atoms with Crippen molar-refractivity contribution in [1.29, 1.82) is 0 Å². The molecular weight excluding hydrogens is 338 g/mol. The Balaban J connectivity index is 1.56. The second-order valence-electron chi connectivity index (χ2n) is 6.69. The fraction of sp³-hybridized carbons (Fsp3) is 0.500. The van der Waals surface area contributed by atoms with Crippen LogP contribution in [0.15, 0.2) is 30.5 Å². The van der Waals surface area contributed by atoms with Gasteiger partial charge in [-0.3, -0.25) is 4.79 Å². The molecule has 1 fully saturated rings. The number of amides is 1. The van der Waals surface area contributed by atoms with E-state index < -0.39 is 10.0 Å². The van der Waals surface area contributed by atoms with Crippen LogP contribution in [0.1, 0.15) is 24.8 Å². The first-order valence-electron chi connectivity index (χ1n) is 8.73. The normalized spacial score (nSPS) is 15.4. The highest BCUT2D eigenvalue weighted by Crippen LogP contribution is 2.26. The molecule has 0 radical (unpaired) electrons. The molecule has 136 valence electrons. The topological polar surface area (TPSA) is 82.3 Å². The van der Waals surface area contributed by atoms with E-state index in [1.807, 2.05) is 30.5 Å². The highest BCUT2D eigenvalue weighted by Gasteiger charge is 2.25. The summed E-state index contributed by atoms with van der Waals surface area (Å²) in [5.74, 6) is 0.175. The number of carbonyl (C=O) groups excluding carboxylic acids is 1. The third kappa shape index (κ3) is 4.41. The zero-order valence-electron chi connectivity index (χ0n) is 14.5. The SMILES string of the molecule is CS(=O)(=O)N(CCNC(=O)C1CCC1)CCc1c[nH]c2ccccc12. The summed E-state index contributed by atoms with van der Waals surface area (Å²) >= 11 is 0. The minimum Gasteiger partial charge on any atom is -0.361 e. The molecule has 25 heavy (non-hydrogen) atoms. The summed E-state index contributed by atoms with van der Waals surface area (Å²) in [7, 11) is -3.31. The standard InChI is InChI=1S/C18H25N3O3S/c1-25(23,24)21(12-10-19-18(22)14-5-4-6-14)11-9-15-13-20-17-8-3-2-7-16(15)17/h2-3,7-8,13-14,20H,4-6,9-12H2,1H3,(H,19,22). The Hall–Kier alpha value is -1.86. The first-order chi connectivity index (χ1) is 11.9.